The molecule has 1 N–H and O–H groups in total. The van der Waals surface area contributed by atoms with Crippen LogP contribution in [0.5, 0.6) is 0 Å². The van der Waals surface area contributed by atoms with Crippen LogP contribution in [0.1, 0.15) is 0 Å². The molecule has 6 heteroatoms. The third kappa shape index (κ3) is 0.972. The summed E-state index contributed by atoms with van der Waals surface area (Å²) in [6.45, 7) is 0.610. The van der Waals surface area contributed by atoms with Crippen molar-refractivity contribution in [1.29, 1.82) is 0 Å². The van der Waals surface area contributed by atoms with Gasteiger partial charge in [0, 0.05) is 0 Å². The fourth-order valence-corrected chi connectivity index (χ4v) is 0.861. The van der Waals surface area contributed by atoms with Crippen LogP contribution in [-0.2, 0) is 15.1 Å². The van der Waals surface area contributed by atoms with Gasteiger partial charge in [0.15, 0.2) is 0 Å². The lowest BCUT2D eigenvalue weighted by molar-refractivity contribution is -0.180. The second-order valence-corrected chi connectivity index (χ2v) is 2.64. The molecule has 1 aliphatic rings. The zero-order valence-corrected chi connectivity index (χ0v) is 4.76. The van der Waals surface area contributed by atoms with Gasteiger partial charge in [-0.15, -0.1) is 0 Å². The summed E-state index contributed by atoms with van der Waals surface area (Å²) in [6, 6.07) is 0. The van der Waals surface area contributed by atoms with Gasteiger partial charge in [-0.25, -0.2) is 0 Å². The molecule has 0 amide bonds. The van der Waals surface area contributed by atoms with Crippen LogP contribution in [0.25, 0.3) is 0 Å². The minimum atomic E-state index is -4.05. The van der Waals surface area contributed by atoms with Crippen LogP contribution < -0.4 is 0 Å². The second kappa shape index (κ2) is 1.66. The van der Waals surface area contributed by atoms with Gasteiger partial charge in [-0.2, -0.15) is 8.42 Å². The van der Waals surface area contributed by atoms with E-state index < -0.39 is 10.3 Å². The number of hydroxylamine groups is 1. The lowest BCUT2D eigenvalue weighted by Gasteiger charge is -2.25. The van der Waals surface area contributed by atoms with Crippen LogP contribution in [0, 0.1) is 0 Å². The second-order valence-electron chi connectivity index (χ2n) is 1.34. The predicted octanol–water partition coefficient (Wildman–Crippen LogP) is -0.964. The molecule has 1 aliphatic heterocycles. The Morgan fingerprint density at radius 1 is 1.62 bits per heavy atom. The first kappa shape index (κ1) is 5.96. The van der Waals surface area contributed by atoms with Crippen LogP contribution in [-0.4, -0.2) is 30.6 Å². The van der Waals surface area contributed by atoms with E-state index in [0.29, 0.717) is 11.1 Å². The Bertz CT molecular complexity index is 168. The molecule has 0 aromatic heterocycles. The average molecular weight is 139 g/mol. The third-order valence-electron chi connectivity index (χ3n) is 0.766. The van der Waals surface area contributed by atoms with E-state index >= 15 is 0 Å². The maximum atomic E-state index is 9.97. The Morgan fingerprint density at radius 3 is 2.12 bits per heavy atom. The van der Waals surface area contributed by atoms with E-state index in [4.69, 9.17) is 4.55 Å². The highest BCUT2D eigenvalue weighted by atomic mass is 32.2. The molecule has 5 nitrogen and oxygen atoms in total. The Labute approximate surface area is 46.7 Å². The van der Waals surface area contributed by atoms with Crippen molar-refractivity contribution in [2.24, 2.45) is 0 Å². The summed E-state index contributed by atoms with van der Waals surface area (Å²) >= 11 is 0. The van der Waals surface area contributed by atoms with Crippen LogP contribution >= 0.6 is 0 Å². The molecule has 8 heavy (non-hydrogen) atoms. The van der Waals surface area contributed by atoms with E-state index in [1.807, 2.05) is 0 Å². The molecule has 0 radical (unpaired) electrons. The number of nitrogens with zero attached hydrogens (tertiary/aromatic N) is 1. The molecular formula is C2H5NO4S. The monoisotopic (exact) mass is 139 g/mol. The van der Waals surface area contributed by atoms with Crippen molar-refractivity contribution in [2.45, 2.75) is 0 Å². The minimum Gasteiger partial charge on any atom is -0.281 e. The number of rotatable bonds is 1. The highest BCUT2D eigenvalue weighted by molar-refractivity contribution is 7.83. The molecular weight excluding hydrogens is 134 g/mol. The van der Waals surface area contributed by atoms with Crippen LogP contribution in [0.15, 0.2) is 0 Å². The lowest BCUT2D eigenvalue weighted by atomic mass is 10.7. The Balaban J connectivity index is 2.60. The molecule has 0 bridgehead atoms. The molecule has 0 aromatic rings. The summed E-state index contributed by atoms with van der Waals surface area (Å²) < 4.78 is 28.6. The highest BCUT2D eigenvalue weighted by Gasteiger charge is 2.26. The first-order valence-corrected chi connectivity index (χ1v) is 3.38. The van der Waals surface area contributed by atoms with Gasteiger partial charge < -0.3 is 0 Å². The topological polar surface area (TPSA) is 66.8 Å². The van der Waals surface area contributed by atoms with Gasteiger partial charge in [-0.3, -0.25) is 9.39 Å². The minimum absolute atomic E-state index is 0.249. The molecule has 0 atom stereocenters. The standard InChI is InChI=1S/C2H5NO4S/c4-8(5,6)3-1-2-7-3/h1-2H2,(H,4,5,6). The van der Waals surface area contributed by atoms with Crippen molar-refractivity contribution in [3.8, 4) is 0 Å². The van der Waals surface area contributed by atoms with E-state index in [2.05, 4.69) is 4.84 Å². The van der Waals surface area contributed by atoms with Crippen molar-refractivity contribution in [3.05, 3.63) is 0 Å². The summed E-state index contributed by atoms with van der Waals surface area (Å²) in [4.78, 5) is 4.29. The zero-order valence-electron chi connectivity index (χ0n) is 3.94. The van der Waals surface area contributed by atoms with E-state index in [-0.39, 0.29) is 6.54 Å². The molecule has 1 fully saturated rings. The summed E-state index contributed by atoms with van der Waals surface area (Å²) in [6.07, 6.45) is 0. The first-order valence-electron chi connectivity index (χ1n) is 1.99. The zero-order chi connectivity index (χ0) is 6.20. The molecule has 1 rings (SSSR count). The smallest absolute Gasteiger partial charge is 0.281 e. The number of hydrogen-bond donors (Lipinski definition) is 1. The molecule has 0 aliphatic carbocycles. The fourth-order valence-electron chi connectivity index (χ4n) is 0.348. The van der Waals surface area contributed by atoms with Crippen molar-refractivity contribution >= 4 is 10.3 Å². The van der Waals surface area contributed by atoms with Gasteiger partial charge in [-0.05, 0) is 0 Å². The van der Waals surface area contributed by atoms with Crippen LogP contribution in [0.3, 0.4) is 0 Å². The summed E-state index contributed by atoms with van der Waals surface area (Å²) in [5.41, 5.74) is 0. The van der Waals surface area contributed by atoms with E-state index in [1.165, 1.54) is 0 Å². The van der Waals surface area contributed by atoms with E-state index in [9.17, 15) is 8.42 Å². The van der Waals surface area contributed by atoms with Gasteiger partial charge in [0.2, 0.25) is 0 Å². The van der Waals surface area contributed by atoms with Crippen molar-refractivity contribution < 1.29 is 17.8 Å². The lowest BCUT2D eigenvalue weighted by Crippen LogP contribution is -2.43. The Hall–Kier alpha value is -0.170. The Morgan fingerprint density at radius 2 is 2.12 bits per heavy atom. The molecule has 48 valence electrons. The quantitative estimate of drug-likeness (QED) is 0.475. The number of hydrogen-bond acceptors (Lipinski definition) is 3. The molecule has 1 heterocycles. The first-order chi connectivity index (χ1) is 3.61. The molecule has 0 aromatic carbocycles. The summed E-state index contributed by atoms with van der Waals surface area (Å²) in [5, 5.41) is 0. The van der Waals surface area contributed by atoms with Crippen molar-refractivity contribution in [1.82, 2.24) is 4.47 Å². The van der Waals surface area contributed by atoms with Crippen LogP contribution in [0.4, 0.5) is 0 Å². The summed E-state index contributed by atoms with van der Waals surface area (Å²) in [7, 11) is -4.05. The maximum Gasteiger partial charge on any atom is 0.358 e. The fraction of sp³-hybridized carbons (Fsp3) is 1.00. The van der Waals surface area contributed by atoms with Crippen molar-refractivity contribution in [2.75, 3.05) is 13.2 Å². The Kier molecular flexibility index (Phi) is 1.24. The highest BCUT2D eigenvalue weighted by Crippen LogP contribution is 2.05. The van der Waals surface area contributed by atoms with Gasteiger partial charge in [0.1, 0.15) is 0 Å². The van der Waals surface area contributed by atoms with Gasteiger partial charge in [-0.1, -0.05) is 4.47 Å². The maximum absolute atomic E-state index is 9.97. The van der Waals surface area contributed by atoms with Gasteiger partial charge in [0.05, 0.1) is 13.2 Å². The molecule has 0 saturated carbocycles. The van der Waals surface area contributed by atoms with Crippen LogP contribution in [0.2, 0.25) is 0 Å². The average Bonchev–Trinajstić information content (AvgIpc) is 1.16. The molecule has 1 saturated heterocycles. The summed E-state index contributed by atoms with van der Waals surface area (Å²) in [5.74, 6) is 0. The van der Waals surface area contributed by atoms with Crippen molar-refractivity contribution in [3.63, 3.8) is 0 Å². The molecule has 0 spiro atoms. The SMILES string of the molecule is O=S(=O)(O)N1CCO1. The van der Waals surface area contributed by atoms with E-state index in [1.54, 1.807) is 0 Å². The van der Waals surface area contributed by atoms with Gasteiger partial charge >= 0.3 is 10.3 Å². The third-order valence-corrected chi connectivity index (χ3v) is 1.57. The van der Waals surface area contributed by atoms with Gasteiger partial charge in [0.25, 0.3) is 0 Å². The van der Waals surface area contributed by atoms with E-state index in [0.717, 1.165) is 0 Å². The predicted molar refractivity (Wildman–Crippen MR) is 24.2 cm³/mol. The largest absolute Gasteiger partial charge is 0.358 e. The normalized spacial score (nSPS) is 22.6. The molecule has 0 unspecified atom stereocenters.